The summed E-state index contributed by atoms with van der Waals surface area (Å²) in [6.07, 6.45) is 0. The lowest BCUT2D eigenvalue weighted by atomic mass is 10.2. The highest BCUT2D eigenvalue weighted by Crippen LogP contribution is 2.34. The van der Waals surface area contributed by atoms with Gasteiger partial charge in [0.15, 0.2) is 11.5 Å². The Morgan fingerprint density at radius 3 is 2.58 bits per heavy atom. The third-order valence-corrected chi connectivity index (χ3v) is 1.59. The lowest BCUT2D eigenvalue weighted by Gasteiger charge is -1.96. The van der Waals surface area contributed by atoms with Crippen LogP contribution in [0.1, 0.15) is 19.4 Å². The molecule has 0 unspecified atom stereocenters. The van der Waals surface area contributed by atoms with Crippen molar-refractivity contribution in [2.45, 2.75) is 20.8 Å². The molecule has 0 aliphatic carbocycles. The smallest absolute Gasteiger partial charge is 0.231 e. The highest BCUT2D eigenvalue weighted by atomic mass is 16.7. The average molecular weight is 166 g/mol. The standard InChI is InChI=1S/C8H8O2.C2H6/c1-6-3-2-4-7-8(6)10-5-9-7;1-2/h2-4H,5H2,1H3;1-2H3. The van der Waals surface area contributed by atoms with E-state index in [-0.39, 0.29) is 0 Å². The van der Waals surface area contributed by atoms with Crippen molar-refractivity contribution < 1.29 is 9.47 Å². The summed E-state index contributed by atoms with van der Waals surface area (Å²) in [6, 6.07) is 5.88. The van der Waals surface area contributed by atoms with E-state index in [1.54, 1.807) is 0 Å². The van der Waals surface area contributed by atoms with Crippen LogP contribution in [0.25, 0.3) is 0 Å². The zero-order valence-electron chi connectivity index (χ0n) is 7.76. The van der Waals surface area contributed by atoms with Gasteiger partial charge in [-0.15, -0.1) is 0 Å². The molecule has 0 aromatic heterocycles. The van der Waals surface area contributed by atoms with Gasteiger partial charge in [-0.1, -0.05) is 26.0 Å². The third kappa shape index (κ3) is 1.52. The first-order valence-electron chi connectivity index (χ1n) is 4.23. The van der Waals surface area contributed by atoms with Crippen LogP contribution < -0.4 is 9.47 Å². The molecule has 0 amide bonds. The minimum absolute atomic E-state index is 0.361. The number of hydrogen-bond donors (Lipinski definition) is 0. The van der Waals surface area contributed by atoms with E-state index in [1.807, 2.05) is 39.0 Å². The fourth-order valence-corrected chi connectivity index (χ4v) is 1.08. The molecule has 0 bridgehead atoms. The summed E-state index contributed by atoms with van der Waals surface area (Å²) in [5.41, 5.74) is 1.13. The van der Waals surface area contributed by atoms with Gasteiger partial charge in [-0.2, -0.15) is 0 Å². The molecule has 0 saturated heterocycles. The Labute approximate surface area is 73.1 Å². The molecule has 2 nitrogen and oxygen atoms in total. The molecular weight excluding hydrogens is 152 g/mol. The second-order valence-electron chi connectivity index (χ2n) is 2.31. The first-order valence-corrected chi connectivity index (χ1v) is 4.23. The van der Waals surface area contributed by atoms with E-state index < -0.39 is 0 Å². The summed E-state index contributed by atoms with van der Waals surface area (Å²) in [4.78, 5) is 0. The van der Waals surface area contributed by atoms with E-state index in [2.05, 4.69) is 0 Å². The van der Waals surface area contributed by atoms with Gasteiger partial charge in [0.05, 0.1) is 0 Å². The number of ether oxygens (including phenoxy) is 2. The quantitative estimate of drug-likeness (QED) is 0.590. The van der Waals surface area contributed by atoms with E-state index in [1.165, 1.54) is 0 Å². The van der Waals surface area contributed by atoms with Crippen LogP contribution in [0.3, 0.4) is 0 Å². The molecule has 0 radical (unpaired) electrons. The van der Waals surface area contributed by atoms with E-state index >= 15 is 0 Å². The third-order valence-electron chi connectivity index (χ3n) is 1.59. The maximum absolute atomic E-state index is 5.21. The number of para-hydroxylation sites is 1. The predicted molar refractivity (Wildman–Crippen MR) is 48.7 cm³/mol. The minimum Gasteiger partial charge on any atom is -0.454 e. The van der Waals surface area contributed by atoms with E-state index in [4.69, 9.17) is 9.47 Å². The maximum atomic E-state index is 5.21. The lowest BCUT2D eigenvalue weighted by Crippen LogP contribution is -1.93. The highest BCUT2D eigenvalue weighted by molar-refractivity contribution is 5.47. The first-order chi connectivity index (χ1) is 5.88. The highest BCUT2D eigenvalue weighted by Gasteiger charge is 2.13. The van der Waals surface area contributed by atoms with Gasteiger partial charge in [0.2, 0.25) is 6.79 Å². The van der Waals surface area contributed by atoms with Gasteiger partial charge < -0.3 is 9.47 Å². The molecule has 12 heavy (non-hydrogen) atoms. The SMILES string of the molecule is CC.Cc1cccc2c1OCO2. The van der Waals surface area contributed by atoms with Gasteiger partial charge in [0, 0.05) is 0 Å². The van der Waals surface area contributed by atoms with Crippen LogP contribution >= 0.6 is 0 Å². The van der Waals surface area contributed by atoms with Crippen molar-refractivity contribution in [2.24, 2.45) is 0 Å². The Kier molecular flexibility index (Phi) is 2.97. The first kappa shape index (κ1) is 8.91. The largest absolute Gasteiger partial charge is 0.454 e. The molecule has 0 N–H and O–H groups in total. The van der Waals surface area contributed by atoms with Crippen LogP contribution in [-0.4, -0.2) is 6.79 Å². The van der Waals surface area contributed by atoms with Gasteiger partial charge in [0.25, 0.3) is 0 Å². The summed E-state index contributed by atoms with van der Waals surface area (Å²) in [7, 11) is 0. The van der Waals surface area contributed by atoms with Gasteiger partial charge >= 0.3 is 0 Å². The van der Waals surface area contributed by atoms with Crippen LogP contribution in [0.15, 0.2) is 18.2 Å². The molecule has 2 heteroatoms. The van der Waals surface area contributed by atoms with Gasteiger partial charge in [-0.25, -0.2) is 0 Å². The Morgan fingerprint density at radius 2 is 1.92 bits per heavy atom. The Morgan fingerprint density at radius 1 is 1.17 bits per heavy atom. The van der Waals surface area contributed by atoms with Crippen molar-refractivity contribution in [3.63, 3.8) is 0 Å². The molecule has 1 aromatic carbocycles. The van der Waals surface area contributed by atoms with E-state index in [0.717, 1.165) is 17.1 Å². The molecule has 1 aliphatic heterocycles. The van der Waals surface area contributed by atoms with Crippen molar-refractivity contribution in [2.75, 3.05) is 6.79 Å². The Bertz CT molecular complexity index is 256. The molecule has 0 atom stereocenters. The van der Waals surface area contributed by atoms with Crippen LogP contribution in [-0.2, 0) is 0 Å². The predicted octanol–water partition coefficient (Wildman–Crippen LogP) is 2.75. The average Bonchev–Trinajstić information content (AvgIpc) is 2.57. The molecule has 1 aliphatic rings. The summed E-state index contributed by atoms with van der Waals surface area (Å²) < 4.78 is 10.4. The van der Waals surface area contributed by atoms with Crippen molar-refractivity contribution in [3.05, 3.63) is 23.8 Å². The van der Waals surface area contributed by atoms with Crippen LogP contribution in [0.5, 0.6) is 11.5 Å². The molecule has 1 heterocycles. The molecule has 1 aromatic rings. The number of hydrogen-bond acceptors (Lipinski definition) is 2. The van der Waals surface area contributed by atoms with Gasteiger partial charge in [-0.3, -0.25) is 0 Å². The summed E-state index contributed by atoms with van der Waals surface area (Å²) in [5, 5.41) is 0. The molecule has 0 spiro atoms. The molecule has 66 valence electrons. The Hall–Kier alpha value is -1.18. The zero-order chi connectivity index (χ0) is 8.97. The fourth-order valence-electron chi connectivity index (χ4n) is 1.08. The van der Waals surface area contributed by atoms with E-state index in [0.29, 0.717) is 6.79 Å². The van der Waals surface area contributed by atoms with Gasteiger partial charge in [-0.05, 0) is 18.6 Å². The fraction of sp³-hybridized carbons (Fsp3) is 0.400. The zero-order valence-corrected chi connectivity index (χ0v) is 7.76. The van der Waals surface area contributed by atoms with Crippen molar-refractivity contribution >= 4 is 0 Å². The normalized spacial score (nSPS) is 11.9. The molecule has 0 saturated carbocycles. The monoisotopic (exact) mass is 166 g/mol. The number of fused-ring (bicyclic) bond motifs is 1. The topological polar surface area (TPSA) is 18.5 Å². The van der Waals surface area contributed by atoms with Crippen molar-refractivity contribution in [1.82, 2.24) is 0 Å². The summed E-state index contributed by atoms with van der Waals surface area (Å²) in [6.45, 7) is 6.37. The van der Waals surface area contributed by atoms with Crippen molar-refractivity contribution in [3.8, 4) is 11.5 Å². The summed E-state index contributed by atoms with van der Waals surface area (Å²) in [5.74, 6) is 1.75. The van der Waals surface area contributed by atoms with E-state index in [9.17, 15) is 0 Å². The lowest BCUT2D eigenvalue weighted by molar-refractivity contribution is 0.173. The van der Waals surface area contributed by atoms with Crippen molar-refractivity contribution in [1.29, 1.82) is 0 Å². The van der Waals surface area contributed by atoms with Crippen LogP contribution in [0.4, 0.5) is 0 Å². The van der Waals surface area contributed by atoms with Crippen LogP contribution in [0.2, 0.25) is 0 Å². The molecule has 2 rings (SSSR count). The number of benzene rings is 1. The second kappa shape index (κ2) is 4.00. The number of aryl methyl sites for hydroxylation is 1. The second-order valence-corrected chi connectivity index (χ2v) is 2.31. The molecular formula is C10H14O2. The maximum Gasteiger partial charge on any atom is 0.231 e. The molecule has 0 fully saturated rings. The van der Waals surface area contributed by atoms with Gasteiger partial charge in [0.1, 0.15) is 0 Å². The van der Waals surface area contributed by atoms with Crippen LogP contribution in [0, 0.1) is 6.92 Å². The summed E-state index contributed by atoms with van der Waals surface area (Å²) >= 11 is 0. The Balaban J connectivity index is 0.000000336. The number of rotatable bonds is 0. The minimum atomic E-state index is 0.361.